The van der Waals surface area contributed by atoms with Crippen LogP contribution in [0, 0.1) is 5.82 Å². The summed E-state index contributed by atoms with van der Waals surface area (Å²) in [5.74, 6) is 3.93. The number of ether oxygens (including phenoxy) is 1. The maximum Gasteiger partial charge on any atom is 0.322 e. The predicted molar refractivity (Wildman–Crippen MR) is 108 cm³/mol. The molecule has 3 N–H and O–H groups in total. The molecule has 0 amide bonds. The molecule has 0 aromatic heterocycles. The van der Waals surface area contributed by atoms with Crippen LogP contribution in [0.15, 0.2) is 51.8 Å². The van der Waals surface area contributed by atoms with Crippen molar-refractivity contribution < 1.29 is 32.3 Å². The number of hydrogen-bond acceptors (Lipinski definition) is 6. The quantitative estimate of drug-likeness (QED) is 0.558. The van der Waals surface area contributed by atoms with Gasteiger partial charge in [-0.2, -0.15) is 4.31 Å². The third-order valence-corrected chi connectivity index (χ3v) is 7.47. The average molecular weight is 503 g/mol. The number of benzene rings is 2. The van der Waals surface area contributed by atoms with E-state index in [-0.39, 0.29) is 24.5 Å². The maximum absolute atomic E-state index is 13.4. The molecular weight excluding hydrogens is 483 g/mol. The lowest BCUT2D eigenvalue weighted by Crippen LogP contribution is -2.52. The van der Waals surface area contributed by atoms with Gasteiger partial charge in [-0.05, 0) is 55.3 Å². The van der Waals surface area contributed by atoms with E-state index in [1.165, 1.54) is 36.4 Å². The Labute approximate surface area is 181 Å². The van der Waals surface area contributed by atoms with Crippen LogP contribution in [0.25, 0.3) is 0 Å². The van der Waals surface area contributed by atoms with Gasteiger partial charge >= 0.3 is 5.97 Å². The zero-order chi connectivity index (χ0) is 21.9. The molecule has 2 atom stereocenters. The second-order valence-electron chi connectivity index (χ2n) is 6.76. The number of carbonyl (C=O) groups is 1. The fraction of sp³-hybridized carbons (Fsp3) is 0.316. The number of carboxylic acids is 1. The van der Waals surface area contributed by atoms with E-state index < -0.39 is 34.0 Å². The first-order chi connectivity index (χ1) is 14.2. The van der Waals surface area contributed by atoms with Crippen molar-refractivity contribution in [3.05, 3.63) is 58.3 Å². The normalized spacial score (nSPS) is 20.1. The summed E-state index contributed by atoms with van der Waals surface area (Å²) >= 11 is 3.32. The number of carboxylic acid groups (broad SMARTS) is 1. The van der Waals surface area contributed by atoms with Crippen LogP contribution in [0.4, 0.5) is 4.39 Å². The van der Waals surface area contributed by atoms with Gasteiger partial charge in [0.2, 0.25) is 10.0 Å². The minimum atomic E-state index is -4.09. The monoisotopic (exact) mass is 502 g/mol. The van der Waals surface area contributed by atoms with E-state index in [1.54, 1.807) is 6.07 Å². The van der Waals surface area contributed by atoms with Gasteiger partial charge in [-0.25, -0.2) is 18.7 Å². The van der Waals surface area contributed by atoms with E-state index in [0.29, 0.717) is 22.2 Å². The number of rotatable bonds is 7. The van der Waals surface area contributed by atoms with Gasteiger partial charge in [0.15, 0.2) is 0 Å². The smallest absolute Gasteiger partial charge is 0.322 e. The van der Waals surface area contributed by atoms with E-state index in [2.05, 4.69) is 15.9 Å². The highest BCUT2D eigenvalue weighted by atomic mass is 79.9. The Bertz CT molecular complexity index is 1020. The molecule has 0 bridgehead atoms. The lowest BCUT2D eigenvalue weighted by Gasteiger charge is -2.35. The van der Waals surface area contributed by atoms with Gasteiger partial charge in [0.25, 0.3) is 0 Å². The third-order valence-electron chi connectivity index (χ3n) is 4.80. The first kappa shape index (κ1) is 22.6. The van der Waals surface area contributed by atoms with Crippen LogP contribution in [-0.4, -0.2) is 42.5 Å². The highest BCUT2D eigenvalue weighted by molar-refractivity contribution is 9.10. The van der Waals surface area contributed by atoms with Crippen molar-refractivity contribution in [2.75, 3.05) is 6.54 Å². The molecule has 11 heteroatoms. The summed E-state index contributed by atoms with van der Waals surface area (Å²) < 4.78 is 46.6. The Hall–Kier alpha value is -2.05. The molecule has 1 aliphatic heterocycles. The summed E-state index contributed by atoms with van der Waals surface area (Å²) in [5, 5.41) is 9.41. The van der Waals surface area contributed by atoms with Gasteiger partial charge < -0.3 is 9.84 Å². The summed E-state index contributed by atoms with van der Waals surface area (Å²) in [6, 6.07) is 8.60. The molecule has 0 saturated carbocycles. The van der Waals surface area contributed by atoms with Crippen molar-refractivity contribution in [2.24, 2.45) is 5.90 Å². The number of hydrogen-bond donors (Lipinski definition) is 2. The van der Waals surface area contributed by atoms with Crippen molar-refractivity contribution in [1.82, 2.24) is 4.31 Å². The molecule has 30 heavy (non-hydrogen) atoms. The van der Waals surface area contributed by atoms with Crippen molar-refractivity contribution in [3.8, 4) is 5.75 Å². The zero-order valence-corrected chi connectivity index (χ0v) is 18.1. The molecule has 0 aliphatic carbocycles. The molecule has 2 aromatic rings. The van der Waals surface area contributed by atoms with Crippen LogP contribution in [0.2, 0.25) is 0 Å². The number of nitrogens with zero attached hydrogens (tertiary/aromatic N) is 1. The van der Waals surface area contributed by atoms with Gasteiger partial charge in [-0.1, -0.05) is 15.9 Å². The number of nitrogens with two attached hydrogens (primary N) is 1. The molecule has 0 spiro atoms. The molecule has 3 rings (SSSR count). The van der Waals surface area contributed by atoms with E-state index in [4.69, 9.17) is 15.5 Å². The van der Waals surface area contributed by atoms with E-state index in [0.717, 1.165) is 4.31 Å². The highest BCUT2D eigenvalue weighted by Crippen LogP contribution is 2.28. The Kier molecular flexibility index (Phi) is 7.09. The minimum absolute atomic E-state index is 0.0766. The maximum atomic E-state index is 13.4. The first-order valence-electron chi connectivity index (χ1n) is 8.99. The van der Waals surface area contributed by atoms with Crippen molar-refractivity contribution in [2.45, 2.75) is 36.5 Å². The first-order valence-corrected chi connectivity index (χ1v) is 11.2. The van der Waals surface area contributed by atoms with Crippen LogP contribution in [0.5, 0.6) is 5.75 Å². The Balaban J connectivity index is 1.76. The summed E-state index contributed by atoms with van der Waals surface area (Å²) in [4.78, 5) is 16.2. The fourth-order valence-electron chi connectivity index (χ4n) is 3.19. The molecule has 0 radical (unpaired) electrons. The molecular formula is C19H20BrFN2O6S. The SMILES string of the molecule is NOC1CCC(C(=O)O)N(S(=O)(=O)c2ccc(OCc3cc(F)ccc3Br)cc2)C1. The Morgan fingerprint density at radius 3 is 2.57 bits per heavy atom. The molecule has 1 heterocycles. The molecule has 2 aromatic carbocycles. The van der Waals surface area contributed by atoms with Gasteiger partial charge in [0.1, 0.15) is 24.2 Å². The molecule has 1 saturated heterocycles. The number of sulfonamides is 1. The van der Waals surface area contributed by atoms with Crippen LogP contribution < -0.4 is 10.6 Å². The van der Waals surface area contributed by atoms with Gasteiger partial charge in [-0.15, -0.1) is 0 Å². The Morgan fingerprint density at radius 2 is 1.93 bits per heavy atom. The van der Waals surface area contributed by atoms with Gasteiger partial charge in [0.05, 0.1) is 11.0 Å². The topological polar surface area (TPSA) is 119 Å². The lowest BCUT2D eigenvalue weighted by atomic mass is 10.0. The summed E-state index contributed by atoms with van der Waals surface area (Å²) in [6.07, 6.45) is -0.134. The minimum Gasteiger partial charge on any atom is -0.489 e. The van der Waals surface area contributed by atoms with Crippen LogP contribution >= 0.6 is 15.9 Å². The zero-order valence-electron chi connectivity index (χ0n) is 15.7. The Morgan fingerprint density at radius 1 is 1.23 bits per heavy atom. The molecule has 2 unspecified atom stereocenters. The fourth-order valence-corrected chi connectivity index (χ4v) is 5.19. The van der Waals surface area contributed by atoms with E-state index >= 15 is 0 Å². The van der Waals surface area contributed by atoms with Crippen LogP contribution in [0.3, 0.4) is 0 Å². The van der Waals surface area contributed by atoms with Crippen LogP contribution in [-0.2, 0) is 26.3 Å². The summed E-state index contributed by atoms with van der Waals surface area (Å²) in [5.41, 5.74) is 0.595. The third kappa shape index (κ3) is 4.98. The molecule has 1 aliphatic rings. The second kappa shape index (κ2) is 9.40. The molecule has 162 valence electrons. The van der Waals surface area contributed by atoms with Crippen molar-refractivity contribution >= 4 is 31.9 Å². The largest absolute Gasteiger partial charge is 0.489 e. The van der Waals surface area contributed by atoms with E-state index in [9.17, 15) is 22.7 Å². The lowest BCUT2D eigenvalue weighted by molar-refractivity contribution is -0.144. The highest BCUT2D eigenvalue weighted by Gasteiger charge is 2.41. The van der Waals surface area contributed by atoms with Gasteiger partial charge in [0, 0.05) is 16.6 Å². The molecule has 8 nitrogen and oxygen atoms in total. The number of aliphatic carboxylic acids is 1. The summed E-state index contributed by atoms with van der Waals surface area (Å²) in [6.45, 7) is -0.0746. The average Bonchev–Trinajstić information content (AvgIpc) is 2.74. The van der Waals surface area contributed by atoms with Crippen molar-refractivity contribution in [1.29, 1.82) is 0 Å². The number of piperidine rings is 1. The van der Waals surface area contributed by atoms with Crippen molar-refractivity contribution in [3.63, 3.8) is 0 Å². The number of halogens is 2. The van der Waals surface area contributed by atoms with Crippen LogP contribution in [0.1, 0.15) is 18.4 Å². The summed E-state index contributed by atoms with van der Waals surface area (Å²) in [7, 11) is -4.09. The molecule has 1 fully saturated rings. The van der Waals surface area contributed by atoms with Gasteiger partial charge in [-0.3, -0.25) is 9.63 Å². The standard InChI is InChI=1S/C19H20BrFN2O6S/c20-17-7-1-13(21)9-12(17)11-28-14-2-5-16(6-3-14)30(26,27)23-10-15(29-22)4-8-18(23)19(24)25/h1-3,5-7,9,15,18H,4,8,10-11,22H2,(H,24,25). The second-order valence-corrected chi connectivity index (χ2v) is 9.50. The van der Waals surface area contributed by atoms with E-state index in [1.807, 2.05) is 0 Å². The predicted octanol–water partition coefficient (Wildman–Crippen LogP) is 2.66.